The van der Waals surface area contributed by atoms with Crippen molar-refractivity contribution in [3.05, 3.63) is 32.2 Å². The van der Waals surface area contributed by atoms with Gasteiger partial charge in [0.05, 0.1) is 10.0 Å². The molecule has 1 aromatic carbocycles. The quantitative estimate of drug-likeness (QED) is 0.433. The summed E-state index contributed by atoms with van der Waals surface area (Å²) < 4.78 is 26.1. The maximum absolute atomic E-state index is 13.0. The van der Waals surface area contributed by atoms with Crippen LogP contribution in [0.4, 0.5) is 8.78 Å². The second kappa shape index (κ2) is 4.02. The molecule has 6 heteroatoms. The predicted octanol–water partition coefficient (Wildman–Crippen LogP) is 3.87. The molecule has 13 heavy (non-hydrogen) atoms. The predicted molar refractivity (Wildman–Crippen MR) is 51.9 cm³/mol. The van der Waals surface area contributed by atoms with E-state index in [1.165, 1.54) is 0 Å². The Bertz CT molecular complexity index is 381. The smallest absolute Gasteiger partial charge is 0.255 e. The zero-order chi connectivity index (χ0) is 10.2. The van der Waals surface area contributed by atoms with E-state index in [1.807, 2.05) is 0 Å². The lowest BCUT2D eigenvalue weighted by atomic mass is 10.2. The minimum Gasteiger partial charge on any atom is -0.275 e. The van der Waals surface area contributed by atoms with Gasteiger partial charge in [-0.05, 0) is 49.5 Å². The summed E-state index contributed by atoms with van der Waals surface area (Å²) in [4.78, 5) is 10.6. The number of halogens is 5. The molecule has 0 spiro atoms. The molecule has 0 fully saturated rings. The van der Waals surface area contributed by atoms with Crippen LogP contribution >= 0.6 is 43.5 Å². The highest BCUT2D eigenvalue weighted by molar-refractivity contribution is 9.13. The van der Waals surface area contributed by atoms with E-state index in [0.717, 1.165) is 6.07 Å². The highest BCUT2D eigenvalue weighted by Crippen LogP contribution is 2.30. The Kier molecular flexibility index (Phi) is 3.43. The SMILES string of the molecule is O=C(Cl)c1cc(Br)c(Br)c(F)c1F. The Morgan fingerprint density at radius 1 is 1.31 bits per heavy atom. The van der Waals surface area contributed by atoms with Crippen molar-refractivity contribution in [1.29, 1.82) is 0 Å². The summed E-state index contributed by atoms with van der Waals surface area (Å²) in [5.41, 5.74) is -0.491. The molecule has 0 aliphatic rings. The number of hydrogen-bond acceptors (Lipinski definition) is 1. The van der Waals surface area contributed by atoms with Crippen LogP contribution in [0, 0.1) is 11.6 Å². The second-order valence-electron chi connectivity index (χ2n) is 2.12. The molecule has 0 aliphatic carbocycles. The van der Waals surface area contributed by atoms with Gasteiger partial charge in [-0.2, -0.15) is 0 Å². The molecule has 0 radical (unpaired) electrons. The van der Waals surface area contributed by atoms with Gasteiger partial charge in [-0.15, -0.1) is 0 Å². The molecule has 0 saturated carbocycles. The van der Waals surface area contributed by atoms with E-state index in [1.54, 1.807) is 0 Å². The number of benzene rings is 1. The number of hydrogen-bond donors (Lipinski definition) is 0. The molecule has 0 bridgehead atoms. The van der Waals surface area contributed by atoms with Gasteiger partial charge < -0.3 is 0 Å². The first-order valence-corrected chi connectivity index (χ1v) is 4.94. The van der Waals surface area contributed by atoms with Gasteiger partial charge in [0.1, 0.15) is 0 Å². The van der Waals surface area contributed by atoms with Crippen molar-refractivity contribution in [2.45, 2.75) is 0 Å². The van der Waals surface area contributed by atoms with Crippen LogP contribution in [0.3, 0.4) is 0 Å². The van der Waals surface area contributed by atoms with Crippen LogP contribution < -0.4 is 0 Å². The molecule has 0 unspecified atom stereocenters. The topological polar surface area (TPSA) is 17.1 Å². The monoisotopic (exact) mass is 332 g/mol. The molecular weight excluding hydrogens is 333 g/mol. The fourth-order valence-electron chi connectivity index (χ4n) is 0.716. The maximum Gasteiger partial charge on any atom is 0.255 e. The summed E-state index contributed by atoms with van der Waals surface area (Å²) in [5.74, 6) is -2.39. The van der Waals surface area contributed by atoms with E-state index >= 15 is 0 Å². The summed E-state index contributed by atoms with van der Waals surface area (Å²) in [6.45, 7) is 0. The first kappa shape index (κ1) is 11.1. The normalized spacial score (nSPS) is 10.2. The maximum atomic E-state index is 13.0. The highest BCUT2D eigenvalue weighted by atomic mass is 79.9. The van der Waals surface area contributed by atoms with Crippen molar-refractivity contribution in [1.82, 2.24) is 0 Å². The minimum absolute atomic E-state index is 0.0772. The molecular formula is C7HBr2ClF2O. The molecule has 0 N–H and O–H groups in total. The van der Waals surface area contributed by atoms with E-state index in [2.05, 4.69) is 31.9 Å². The average molecular weight is 334 g/mol. The van der Waals surface area contributed by atoms with Gasteiger partial charge in [0.2, 0.25) is 0 Å². The molecule has 0 aromatic heterocycles. The Morgan fingerprint density at radius 2 is 1.85 bits per heavy atom. The molecule has 1 aromatic rings. The van der Waals surface area contributed by atoms with Crippen LogP contribution in [0.15, 0.2) is 15.0 Å². The van der Waals surface area contributed by atoms with Crippen LogP contribution in [-0.4, -0.2) is 5.24 Å². The molecule has 0 heterocycles. The molecule has 0 amide bonds. The van der Waals surface area contributed by atoms with E-state index in [4.69, 9.17) is 11.6 Å². The number of rotatable bonds is 1. The lowest BCUT2D eigenvalue weighted by Crippen LogP contribution is -1.99. The van der Waals surface area contributed by atoms with E-state index in [-0.39, 0.29) is 8.95 Å². The molecule has 0 aliphatic heterocycles. The van der Waals surface area contributed by atoms with Gasteiger partial charge in [0, 0.05) is 4.47 Å². The van der Waals surface area contributed by atoms with Crippen molar-refractivity contribution >= 4 is 48.7 Å². The lowest BCUT2D eigenvalue weighted by Gasteiger charge is -2.02. The van der Waals surface area contributed by atoms with Gasteiger partial charge >= 0.3 is 0 Å². The minimum atomic E-state index is -1.25. The number of carbonyl (C=O) groups is 1. The standard InChI is InChI=1S/C7HBr2ClF2O/c8-3-1-2(7(10)13)5(11)6(12)4(3)9/h1H. The van der Waals surface area contributed by atoms with Crippen LogP contribution in [0.2, 0.25) is 0 Å². The molecule has 1 nitrogen and oxygen atoms in total. The fourth-order valence-corrected chi connectivity index (χ4v) is 1.54. The van der Waals surface area contributed by atoms with Gasteiger partial charge in [0.15, 0.2) is 11.6 Å². The van der Waals surface area contributed by atoms with E-state index < -0.39 is 22.4 Å². The Balaban J connectivity index is 3.50. The van der Waals surface area contributed by atoms with Crippen molar-refractivity contribution in [3.8, 4) is 0 Å². The lowest BCUT2D eigenvalue weighted by molar-refractivity contribution is 0.107. The van der Waals surface area contributed by atoms with Crippen molar-refractivity contribution < 1.29 is 13.6 Å². The molecule has 70 valence electrons. The Labute approximate surface area is 94.3 Å². The van der Waals surface area contributed by atoms with Gasteiger partial charge in [-0.25, -0.2) is 8.78 Å². The van der Waals surface area contributed by atoms with Crippen LogP contribution in [-0.2, 0) is 0 Å². The fraction of sp³-hybridized carbons (Fsp3) is 0. The van der Waals surface area contributed by atoms with Crippen molar-refractivity contribution in [3.63, 3.8) is 0 Å². The number of carbonyl (C=O) groups excluding carboxylic acids is 1. The van der Waals surface area contributed by atoms with E-state index in [9.17, 15) is 13.6 Å². The summed E-state index contributed by atoms with van der Waals surface area (Å²) in [6, 6.07) is 1.11. The Hall–Kier alpha value is -0.000000000000000111. The van der Waals surface area contributed by atoms with Gasteiger partial charge in [-0.3, -0.25) is 4.79 Å². The van der Waals surface area contributed by atoms with E-state index in [0.29, 0.717) is 0 Å². The van der Waals surface area contributed by atoms with Crippen LogP contribution in [0.1, 0.15) is 10.4 Å². The van der Waals surface area contributed by atoms with Crippen molar-refractivity contribution in [2.24, 2.45) is 0 Å². The largest absolute Gasteiger partial charge is 0.275 e. The zero-order valence-corrected chi connectivity index (χ0v) is 9.80. The van der Waals surface area contributed by atoms with Crippen molar-refractivity contribution in [2.75, 3.05) is 0 Å². The third-order valence-corrected chi connectivity index (χ3v) is 3.45. The molecule has 0 atom stereocenters. The molecule has 0 saturated heterocycles. The Morgan fingerprint density at radius 3 is 2.31 bits per heavy atom. The van der Waals surface area contributed by atoms with Gasteiger partial charge in [-0.1, -0.05) is 0 Å². The second-order valence-corrected chi connectivity index (χ2v) is 4.11. The third kappa shape index (κ3) is 2.08. The summed E-state index contributed by atoms with van der Waals surface area (Å²) in [5, 5.41) is -1.04. The van der Waals surface area contributed by atoms with Gasteiger partial charge in [0.25, 0.3) is 5.24 Å². The summed E-state index contributed by atoms with van der Waals surface area (Å²) in [6.07, 6.45) is 0. The molecule has 1 rings (SSSR count). The zero-order valence-electron chi connectivity index (χ0n) is 5.88. The highest BCUT2D eigenvalue weighted by Gasteiger charge is 2.18. The first-order chi connectivity index (χ1) is 5.95. The third-order valence-electron chi connectivity index (χ3n) is 1.31. The van der Waals surface area contributed by atoms with Crippen LogP contribution in [0.5, 0.6) is 0 Å². The summed E-state index contributed by atoms with van der Waals surface area (Å²) >= 11 is 10.8. The average Bonchev–Trinajstić information content (AvgIpc) is 2.07. The first-order valence-electron chi connectivity index (χ1n) is 2.98. The van der Waals surface area contributed by atoms with Crippen LogP contribution in [0.25, 0.3) is 0 Å². The summed E-state index contributed by atoms with van der Waals surface area (Å²) in [7, 11) is 0.